The molecule has 0 aliphatic carbocycles. The summed E-state index contributed by atoms with van der Waals surface area (Å²) in [5.41, 5.74) is 7.48. The highest BCUT2D eigenvalue weighted by Crippen LogP contribution is 2.25. The van der Waals surface area contributed by atoms with Crippen LogP contribution in [0.2, 0.25) is 0 Å². The van der Waals surface area contributed by atoms with Crippen molar-refractivity contribution in [3.8, 4) is 0 Å². The molecule has 0 amide bonds. The Bertz CT molecular complexity index is 371. The summed E-state index contributed by atoms with van der Waals surface area (Å²) in [5, 5.41) is 7.84. The molecule has 0 atom stereocenters. The van der Waals surface area contributed by atoms with Gasteiger partial charge in [-0.15, -0.1) is 0 Å². The summed E-state index contributed by atoms with van der Waals surface area (Å²) in [5.74, 6) is 0.895. The van der Waals surface area contributed by atoms with Crippen LogP contribution in [0.4, 0.5) is 11.5 Å². The third-order valence-corrected chi connectivity index (χ3v) is 2.57. The predicted molar refractivity (Wildman–Crippen MR) is 71.2 cm³/mol. The lowest BCUT2D eigenvalue weighted by molar-refractivity contribution is 0.157. The highest BCUT2D eigenvalue weighted by molar-refractivity contribution is 5.65. The zero-order valence-corrected chi connectivity index (χ0v) is 11.5. The fraction of sp³-hybridized carbons (Fsp3) is 0.750. The zero-order chi connectivity index (χ0) is 13.1. The minimum Gasteiger partial charge on any atom is -0.394 e. The summed E-state index contributed by atoms with van der Waals surface area (Å²) < 4.78 is 7.12. The van der Waals surface area contributed by atoms with Gasteiger partial charge in [0.2, 0.25) is 0 Å². The molecule has 0 aliphatic rings. The van der Waals surface area contributed by atoms with E-state index >= 15 is 0 Å². The van der Waals surface area contributed by atoms with Crippen molar-refractivity contribution < 1.29 is 4.74 Å². The number of hydrogen-bond acceptors (Lipinski definition) is 4. The Morgan fingerprint density at radius 1 is 1.47 bits per heavy atom. The van der Waals surface area contributed by atoms with Gasteiger partial charge in [-0.1, -0.05) is 6.92 Å². The molecule has 5 nitrogen and oxygen atoms in total. The van der Waals surface area contributed by atoms with E-state index < -0.39 is 0 Å². The number of hydrogen-bond donors (Lipinski definition) is 2. The first-order valence-corrected chi connectivity index (χ1v) is 6.01. The van der Waals surface area contributed by atoms with E-state index in [9.17, 15) is 0 Å². The fourth-order valence-corrected chi connectivity index (χ4v) is 1.82. The Balaban J connectivity index is 2.95. The van der Waals surface area contributed by atoms with Crippen LogP contribution in [-0.4, -0.2) is 29.0 Å². The molecule has 0 aliphatic heterocycles. The van der Waals surface area contributed by atoms with Gasteiger partial charge in [0, 0.05) is 13.7 Å². The van der Waals surface area contributed by atoms with Gasteiger partial charge in [0.05, 0.1) is 23.5 Å². The number of rotatable bonds is 6. The fourth-order valence-electron chi connectivity index (χ4n) is 1.82. The first kappa shape index (κ1) is 13.8. The molecule has 17 heavy (non-hydrogen) atoms. The predicted octanol–water partition coefficient (Wildman–Crippen LogP) is 2.02. The molecule has 0 saturated carbocycles. The lowest BCUT2D eigenvalue weighted by Crippen LogP contribution is -2.37. The molecule has 1 rings (SSSR count). The molecule has 0 aromatic carbocycles. The number of nitrogens with two attached hydrogens (primary N) is 1. The van der Waals surface area contributed by atoms with Crippen LogP contribution in [0.1, 0.15) is 32.9 Å². The maximum atomic E-state index is 6.05. The molecule has 0 spiro atoms. The van der Waals surface area contributed by atoms with E-state index in [0.29, 0.717) is 6.61 Å². The molecule has 0 fully saturated rings. The normalized spacial score (nSPS) is 11.8. The molecule has 0 radical (unpaired) electrons. The van der Waals surface area contributed by atoms with Gasteiger partial charge in [-0.25, -0.2) is 4.68 Å². The van der Waals surface area contributed by atoms with Crippen molar-refractivity contribution in [1.29, 1.82) is 0 Å². The number of aryl methyl sites for hydroxylation is 2. The Morgan fingerprint density at radius 2 is 2.12 bits per heavy atom. The number of aromatic nitrogens is 2. The Morgan fingerprint density at radius 3 is 2.65 bits per heavy atom. The van der Waals surface area contributed by atoms with Crippen molar-refractivity contribution in [2.24, 2.45) is 0 Å². The van der Waals surface area contributed by atoms with Gasteiger partial charge in [0.25, 0.3) is 0 Å². The molecule has 0 saturated heterocycles. The monoisotopic (exact) mass is 240 g/mol. The topological polar surface area (TPSA) is 65.1 Å². The van der Waals surface area contributed by atoms with Gasteiger partial charge < -0.3 is 15.8 Å². The van der Waals surface area contributed by atoms with E-state index in [1.54, 1.807) is 7.11 Å². The highest BCUT2D eigenvalue weighted by Gasteiger charge is 2.22. The Labute approximate surface area is 103 Å². The van der Waals surface area contributed by atoms with Gasteiger partial charge in [0.15, 0.2) is 0 Å². The average Bonchev–Trinajstić information content (AvgIpc) is 2.46. The van der Waals surface area contributed by atoms with E-state index in [0.717, 1.165) is 30.2 Å². The quantitative estimate of drug-likeness (QED) is 0.798. The lowest BCUT2D eigenvalue weighted by atomic mass is 10.1. The third-order valence-electron chi connectivity index (χ3n) is 2.57. The smallest absolute Gasteiger partial charge is 0.148 e. The van der Waals surface area contributed by atoms with Crippen molar-refractivity contribution in [2.45, 2.75) is 46.2 Å². The average molecular weight is 240 g/mol. The van der Waals surface area contributed by atoms with Crippen molar-refractivity contribution in [1.82, 2.24) is 9.78 Å². The molecular weight excluding hydrogens is 216 g/mol. The molecule has 1 aromatic rings. The van der Waals surface area contributed by atoms with Crippen LogP contribution in [0, 0.1) is 6.92 Å². The molecule has 5 heteroatoms. The van der Waals surface area contributed by atoms with Crippen LogP contribution < -0.4 is 11.1 Å². The van der Waals surface area contributed by atoms with Crippen LogP contribution in [0.3, 0.4) is 0 Å². The molecule has 1 aromatic heterocycles. The van der Waals surface area contributed by atoms with Crippen molar-refractivity contribution in [3.05, 3.63) is 5.69 Å². The zero-order valence-electron chi connectivity index (χ0n) is 11.5. The SMILES string of the molecule is CCCn1nc(C)c(N)c1NC(C)(C)COC. The number of nitrogens with one attached hydrogen (secondary N) is 1. The molecular formula is C12H24N4O. The largest absolute Gasteiger partial charge is 0.394 e. The minimum atomic E-state index is -0.166. The van der Waals surface area contributed by atoms with E-state index in [1.807, 2.05) is 11.6 Å². The van der Waals surface area contributed by atoms with Crippen molar-refractivity contribution in [3.63, 3.8) is 0 Å². The maximum Gasteiger partial charge on any atom is 0.148 e. The second-order valence-corrected chi connectivity index (χ2v) is 5.01. The van der Waals surface area contributed by atoms with Gasteiger partial charge in [-0.05, 0) is 27.2 Å². The maximum absolute atomic E-state index is 6.05. The highest BCUT2D eigenvalue weighted by atomic mass is 16.5. The summed E-state index contributed by atoms with van der Waals surface area (Å²) in [6.45, 7) is 9.68. The molecule has 3 N–H and O–H groups in total. The van der Waals surface area contributed by atoms with Crippen LogP contribution in [-0.2, 0) is 11.3 Å². The van der Waals surface area contributed by atoms with E-state index in [2.05, 4.69) is 31.2 Å². The van der Waals surface area contributed by atoms with Crippen LogP contribution in [0.15, 0.2) is 0 Å². The number of methoxy groups -OCH3 is 1. The number of anilines is 2. The van der Waals surface area contributed by atoms with Crippen LogP contribution >= 0.6 is 0 Å². The first-order valence-electron chi connectivity index (χ1n) is 6.01. The Kier molecular flexibility index (Phi) is 4.40. The third kappa shape index (κ3) is 3.36. The standard InChI is InChI=1S/C12H24N4O/c1-6-7-16-11(10(13)9(2)15-16)14-12(3,4)8-17-5/h14H,6-8,13H2,1-5H3. The summed E-state index contributed by atoms with van der Waals surface area (Å²) in [4.78, 5) is 0. The number of ether oxygens (including phenoxy) is 1. The second-order valence-electron chi connectivity index (χ2n) is 5.01. The van der Waals surface area contributed by atoms with E-state index in [1.165, 1.54) is 0 Å². The first-order chi connectivity index (χ1) is 7.91. The van der Waals surface area contributed by atoms with Crippen molar-refractivity contribution >= 4 is 11.5 Å². The molecule has 0 bridgehead atoms. The van der Waals surface area contributed by atoms with Crippen LogP contribution in [0.5, 0.6) is 0 Å². The molecule has 1 heterocycles. The lowest BCUT2D eigenvalue weighted by Gasteiger charge is -2.27. The summed E-state index contributed by atoms with van der Waals surface area (Å²) in [6, 6.07) is 0. The number of nitrogens with zero attached hydrogens (tertiary/aromatic N) is 2. The van der Waals surface area contributed by atoms with E-state index in [-0.39, 0.29) is 5.54 Å². The van der Waals surface area contributed by atoms with Gasteiger partial charge in [-0.2, -0.15) is 5.10 Å². The second kappa shape index (κ2) is 5.40. The van der Waals surface area contributed by atoms with Gasteiger partial charge in [-0.3, -0.25) is 0 Å². The van der Waals surface area contributed by atoms with Crippen LogP contribution in [0.25, 0.3) is 0 Å². The van der Waals surface area contributed by atoms with E-state index in [4.69, 9.17) is 10.5 Å². The van der Waals surface area contributed by atoms with Gasteiger partial charge >= 0.3 is 0 Å². The minimum absolute atomic E-state index is 0.166. The van der Waals surface area contributed by atoms with Crippen molar-refractivity contribution in [2.75, 3.05) is 24.8 Å². The van der Waals surface area contributed by atoms with Gasteiger partial charge in [0.1, 0.15) is 5.82 Å². The Hall–Kier alpha value is -1.23. The number of nitrogen functional groups attached to an aromatic ring is 1. The summed E-state index contributed by atoms with van der Waals surface area (Å²) in [7, 11) is 1.70. The summed E-state index contributed by atoms with van der Waals surface area (Å²) in [6.07, 6.45) is 1.03. The molecule has 0 unspecified atom stereocenters. The summed E-state index contributed by atoms with van der Waals surface area (Å²) >= 11 is 0. The molecule has 98 valence electrons.